The second-order valence-electron chi connectivity index (χ2n) is 4.96. The number of benzene rings is 1. The van der Waals surface area contributed by atoms with Crippen LogP contribution in [0.5, 0.6) is 5.75 Å². The maximum Gasteiger partial charge on any atom is 0.119 e. The van der Waals surface area contributed by atoms with Gasteiger partial charge in [-0.3, -0.25) is 4.90 Å². The summed E-state index contributed by atoms with van der Waals surface area (Å²) in [4.78, 5) is 2.64. The van der Waals surface area contributed by atoms with Gasteiger partial charge in [0.2, 0.25) is 0 Å². The zero-order valence-corrected chi connectivity index (χ0v) is 9.91. The van der Waals surface area contributed by atoms with Crippen molar-refractivity contribution in [2.75, 3.05) is 13.7 Å². The van der Waals surface area contributed by atoms with Crippen molar-refractivity contribution in [1.82, 2.24) is 4.90 Å². The zero-order valence-electron chi connectivity index (χ0n) is 9.91. The molecule has 1 atom stereocenters. The van der Waals surface area contributed by atoms with Crippen molar-refractivity contribution in [2.24, 2.45) is 0 Å². The van der Waals surface area contributed by atoms with Gasteiger partial charge in [-0.15, -0.1) is 0 Å². The summed E-state index contributed by atoms with van der Waals surface area (Å²) >= 11 is 0. The molecule has 0 amide bonds. The van der Waals surface area contributed by atoms with Gasteiger partial charge < -0.3 is 4.74 Å². The molecule has 1 aromatic carbocycles. The van der Waals surface area contributed by atoms with Crippen LogP contribution in [-0.4, -0.2) is 24.6 Å². The smallest absolute Gasteiger partial charge is 0.119 e. The zero-order chi connectivity index (χ0) is 11.0. The van der Waals surface area contributed by atoms with Crippen molar-refractivity contribution in [3.05, 3.63) is 29.3 Å². The Balaban J connectivity index is 1.89. The van der Waals surface area contributed by atoms with E-state index in [2.05, 4.69) is 23.1 Å². The van der Waals surface area contributed by atoms with Gasteiger partial charge in [0.05, 0.1) is 7.11 Å². The first-order valence-corrected chi connectivity index (χ1v) is 6.26. The Hall–Kier alpha value is -1.02. The van der Waals surface area contributed by atoms with Crippen molar-refractivity contribution >= 4 is 0 Å². The number of hydrogen-bond acceptors (Lipinski definition) is 2. The molecule has 16 heavy (non-hydrogen) atoms. The van der Waals surface area contributed by atoms with Crippen molar-refractivity contribution in [3.8, 4) is 5.75 Å². The summed E-state index contributed by atoms with van der Waals surface area (Å²) in [5.41, 5.74) is 3.00. The van der Waals surface area contributed by atoms with Gasteiger partial charge in [-0.05, 0) is 49.1 Å². The van der Waals surface area contributed by atoms with Crippen LogP contribution in [0.2, 0.25) is 0 Å². The van der Waals surface area contributed by atoms with Gasteiger partial charge >= 0.3 is 0 Å². The third-order valence-electron chi connectivity index (χ3n) is 3.99. The summed E-state index contributed by atoms with van der Waals surface area (Å²) in [6.07, 6.45) is 5.40. The SMILES string of the molecule is COc1ccc2c(c1)CN1CCCCC1C2. The molecule has 2 heterocycles. The predicted molar refractivity (Wildman–Crippen MR) is 64.7 cm³/mol. The molecule has 0 saturated carbocycles. The van der Waals surface area contributed by atoms with Crippen LogP contribution in [0.4, 0.5) is 0 Å². The van der Waals surface area contributed by atoms with E-state index in [1.165, 1.54) is 43.4 Å². The lowest BCUT2D eigenvalue weighted by molar-refractivity contribution is 0.127. The van der Waals surface area contributed by atoms with Gasteiger partial charge in [0.25, 0.3) is 0 Å². The van der Waals surface area contributed by atoms with E-state index in [1.807, 2.05) is 0 Å². The molecule has 2 aliphatic heterocycles. The fourth-order valence-corrected chi connectivity index (χ4v) is 3.05. The molecule has 1 saturated heterocycles. The molecule has 0 N–H and O–H groups in total. The fraction of sp³-hybridized carbons (Fsp3) is 0.571. The molecule has 3 rings (SSSR count). The summed E-state index contributed by atoms with van der Waals surface area (Å²) in [7, 11) is 1.74. The van der Waals surface area contributed by atoms with Crippen LogP contribution >= 0.6 is 0 Å². The van der Waals surface area contributed by atoms with Crippen LogP contribution in [0, 0.1) is 0 Å². The number of methoxy groups -OCH3 is 1. The minimum absolute atomic E-state index is 0.801. The van der Waals surface area contributed by atoms with Gasteiger partial charge in [0.15, 0.2) is 0 Å². The molecule has 0 radical (unpaired) electrons. The highest BCUT2D eigenvalue weighted by Gasteiger charge is 2.28. The Kier molecular flexibility index (Phi) is 2.60. The van der Waals surface area contributed by atoms with Gasteiger partial charge in [0, 0.05) is 12.6 Å². The highest BCUT2D eigenvalue weighted by Crippen LogP contribution is 2.31. The molecule has 0 aliphatic carbocycles. The van der Waals surface area contributed by atoms with Gasteiger partial charge in [-0.1, -0.05) is 12.5 Å². The topological polar surface area (TPSA) is 12.5 Å². The van der Waals surface area contributed by atoms with Gasteiger partial charge in [-0.2, -0.15) is 0 Å². The van der Waals surface area contributed by atoms with Gasteiger partial charge in [0.1, 0.15) is 5.75 Å². The molecule has 1 unspecified atom stereocenters. The summed E-state index contributed by atoms with van der Waals surface area (Å²) in [6.45, 7) is 2.40. The Labute approximate surface area is 97.2 Å². The number of fused-ring (bicyclic) bond motifs is 2. The van der Waals surface area contributed by atoms with Crippen molar-refractivity contribution in [3.63, 3.8) is 0 Å². The van der Waals surface area contributed by atoms with E-state index in [0.29, 0.717) is 0 Å². The van der Waals surface area contributed by atoms with Crippen LogP contribution in [0.3, 0.4) is 0 Å². The van der Waals surface area contributed by atoms with Crippen molar-refractivity contribution < 1.29 is 4.74 Å². The number of rotatable bonds is 1. The van der Waals surface area contributed by atoms with Crippen molar-refractivity contribution in [2.45, 2.75) is 38.3 Å². The number of piperidine rings is 1. The lowest BCUT2D eigenvalue weighted by Crippen LogP contribution is -2.43. The first-order valence-electron chi connectivity index (χ1n) is 6.26. The summed E-state index contributed by atoms with van der Waals surface area (Å²) < 4.78 is 5.30. The second-order valence-corrected chi connectivity index (χ2v) is 4.96. The standard InChI is InChI=1S/C14H19NO/c1-16-14-6-5-11-8-13-4-2-3-7-15(13)10-12(11)9-14/h5-6,9,13H,2-4,7-8,10H2,1H3. The maximum atomic E-state index is 5.30. The molecule has 0 bridgehead atoms. The highest BCUT2D eigenvalue weighted by molar-refractivity contribution is 5.37. The summed E-state index contributed by atoms with van der Waals surface area (Å²) in [5, 5.41) is 0. The average Bonchev–Trinajstić information content (AvgIpc) is 2.35. The molecule has 1 fully saturated rings. The summed E-state index contributed by atoms with van der Waals surface area (Å²) in [5.74, 6) is 0.995. The third kappa shape index (κ3) is 1.71. The second kappa shape index (κ2) is 4.10. The van der Waals surface area contributed by atoms with E-state index in [-0.39, 0.29) is 0 Å². The lowest BCUT2D eigenvalue weighted by atomic mass is 9.88. The Morgan fingerprint density at radius 1 is 1.25 bits per heavy atom. The molecular formula is C14H19NO. The average molecular weight is 217 g/mol. The lowest BCUT2D eigenvalue weighted by Gasteiger charge is -2.40. The minimum Gasteiger partial charge on any atom is -0.497 e. The molecule has 1 aromatic rings. The number of nitrogens with zero attached hydrogens (tertiary/aromatic N) is 1. The van der Waals surface area contributed by atoms with E-state index >= 15 is 0 Å². The normalized spacial score (nSPS) is 24.7. The molecule has 2 nitrogen and oxygen atoms in total. The number of ether oxygens (including phenoxy) is 1. The molecule has 86 valence electrons. The number of hydrogen-bond donors (Lipinski definition) is 0. The Morgan fingerprint density at radius 3 is 3.06 bits per heavy atom. The quantitative estimate of drug-likeness (QED) is 0.717. The van der Waals surface area contributed by atoms with E-state index < -0.39 is 0 Å². The van der Waals surface area contributed by atoms with E-state index in [9.17, 15) is 0 Å². The maximum absolute atomic E-state index is 5.30. The molecule has 2 heteroatoms. The van der Waals surface area contributed by atoms with E-state index in [4.69, 9.17) is 4.74 Å². The molecule has 0 spiro atoms. The van der Waals surface area contributed by atoms with Gasteiger partial charge in [-0.25, -0.2) is 0 Å². The largest absolute Gasteiger partial charge is 0.497 e. The third-order valence-corrected chi connectivity index (χ3v) is 3.99. The molecular weight excluding hydrogens is 198 g/mol. The van der Waals surface area contributed by atoms with Crippen LogP contribution in [0.15, 0.2) is 18.2 Å². The van der Waals surface area contributed by atoms with Crippen LogP contribution in [0.25, 0.3) is 0 Å². The predicted octanol–water partition coefficient (Wildman–Crippen LogP) is 2.61. The van der Waals surface area contributed by atoms with Crippen molar-refractivity contribution in [1.29, 1.82) is 0 Å². The van der Waals surface area contributed by atoms with E-state index in [0.717, 1.165) is 18.3 Å². The monoisotopic (exact) mass is 217 g/mol. The highest BCUT2D eigenvalue weighted by atomic mass is 16.5. The minimum atomic E-state index is 0.801. The van der Waals surface area contributed by atoms with Crippen LogP contribution in [0.1, 0.15) is 30.4 Å². The van der Waals surface area contributed by atoms with Crippen LogP contribution in [-0.2, 0) is 13.0 Å². The molecule has 2 aliphatic rings. The summed E-state index contributed by atoms with van der Waals surface area (Å²) in [6, 6.07) is 7.35. The van der Waals surface area contributed by atoms with E-state index in [1.54, 1.807) is 7.11 Å². The fourth-order valence-electron chi connectivity index (χ4n) is 3.05. The Morgan fingerprint density at radius 2 is 2.19 bits per heavy atom. The first-order chi connectivity index (χ1) is 7.86. The van der Waals surface area contributed by atoms with Crippen LogP contribution < -0.4 is 4.74 Å². The first kappa shape index (κ1) is 10.2. The molecule has 0 aromatic heterocycles. The Bertz CT molecular complexity index is 388.